The number of anilines is 1. The summed E-state index contributed by atoms with van der Waals surface area (Å²) in [6.45, 7) is 1.87. The van der Waals surface area contributed by atoms with Gasteiger partial charge < -0.3 is 4.90 Å². The van der Waals surface area contributed by atoms with E-state index in [4.69, 9.17) is 0 Å². The summed E-state index contributed by atoms with van der Waals surface area (Å²) < 4.78 is 1.91. The molecular formula is C16H18N6. The van der Waals surface area contributed by atoms with Crippen LogP contribution in [0.2, 0.25) is 0 Å². The van der Waals surface area contributed by atoms with Gasteiger partial charge in [0, 0.05) is 11.9 Å². The normalized spacial score (nSPS) is 18.7. The van der Waals surface area contributed by atoms with E-state index in [0.717, 1.165) is 36.2 Å². The lowest BCUT2D eigenvalue weighted by molar-refractivity contribution is 0.397. The predicted octanol–water partition coefficient (Wildman–Crippen LogP) is 2.28. The van der Waals surface area contributed by atoms with Crippen LogP contribution in [0.25, 0.3) is 10.9 Å². The van der Waals surface area contributed by atoms with Crippen molar-refractivity contribution in [2.45, 2.75) is 31.8 Å². The summed E-state index contributed by atoms with van der Waals surface area (Å²) in [6.07, 6.45) is 8.64. The second-order valence-electron chi connectivity index (χ2n) is 5.67. The van der Waals surface area contributed by atoms with Crippen LogP contribution in [0.15, 0.2) is 43.2 Å². The van der Waals surface area contributed by atoms with E-state index in [-0.39, 0.29) is 0 Å². The SMILES string of the molecule is c1ccc2c(N3CCCC[C@@H]3Cn3cncn3)ncnc2c1. The molecule has 4 rings (SSSR count). The number of hydrogen-bond donors (Lipinski definition) is 0. The third-order valence-electron chi connectivity index (χ3n) is 4.29. The van der Waals surface area contributed by atoms with E-state index in [2.05, 4.69) is 31.0 Å². The number of aromatic nitrogens is 5. The molecule has 0 radical (unpaired) electrons. The van der Waals surface area contributed by atoms with E-state index < -0.39 is 0 Å². The minimum Gasteiger partial charge on any atom is -0.351 e. The van der Waals surface area contributed by atoms with Crippen molar-refractivity contribution in [2.75, 3.05) is 11.4 Å². The molecule has 2 aromatic heterocycles. The van der Waals surface area contributed by atoms with E-state index in [1.807, 2.05) is 22.9 Å². The molecule has 1 saturated heterocycles. The van der Waals surface area contributed by atoms with Gasteiger partial charge in [-0.1, -0.05) is 12.1 Å². The molecule has 0 N–H and O–H groups in total. The average Bonchev–Trinajstić information content (AvgIpc) is 3.08. The molecule has 1 aromatic carbocycles. The smallest absolute Gasteiger partial charge is 0.140 e. The van der Waals surface area contributed by atoms with Crippen LogP contribution in [0.4, 0.5) is 5.82 Å². The molecular weight excluding hydrogens is 276 g/mol. The lowest BCUT2D eigenvalue weighted by Gasteiger charge is -2.37. The number of para-hydroxylation sites is 1. The Balaban J connectivity index is 1.71. The lowest BCUT2D eigenvalue weighted by atomic mass is 10.0. The first-order chi connectivity index (χ1) is 10.9. The molecule has 0 saturated carbocycles. The molecule has 0 aliphatic carbocycles. The summed E-state index contributed by atoms with van der Waals surface area (Å²) in [4.78, 5) is 15.4. The van der Waals surface area contributed by atoms with Crippen molar-refractivity contribution in [3.8, 4) is 0 Å². The Morgan fingerprint density at radius 3 is 2.95 bits per heavy atom. The summed E-state index contributed by atoms with van der Waals surface area (Å²) in [5.41, 5.74) is 0.998. The fourth-order valence-electron chi connectivity index (χ4n) is 3.23. The topological polar surface area (TPSA) is 59.7 Å². The summed E-state index contributed by atoms with van der Waals surface area (Å²) >= 11 is 0. The Morgan fingerprint density at radius 2 is 2.05 bits per heavy atom. The predicted molar refractivity (Wildman–Crippen MR) is 84.5 cm³/mol. The van der Waals surface area contributed by atoms with E-state index in [1.54, 1.807) is 19.0 Å². The van der Waals surface area contributed by atoms with Crippen LogP contribution < -0.4 is 4.90 Å². The van der Waals surface area contributed by atoms with Crippen LogP contribution in [-0.4, -0.2) is 37.3 Å². The highest BCUT2D eigenvalue weighted by atomic mass is 15.3. The zero-order valence-electron chi connectivity index (χ0n) is 12.3. The molecule has 1 aliphatic heterocycles. The van der Waals surface area contributed by atoms with Crippen molar-refractivity contribution in [1.82, 2.24) is 24.7 Å². The van der Waals surface area contributed by atoms with Crippen LogP contribution in [0.5, 0.6) is 0 Å². The molecule has 0 unspecified atom stereocenters. The van der Waals surface area contributed by atoms with E-state index in [1.165, 1.54) is 12.8 Å². The van der Waals surface area contributed by atoms with Crippen molar-refractivity contribution in [2.24, 2.45) is 0 Å². The fourth-order valence-corrected chi connectivity index (χ4v) is 3.23. The third-order valence-corrected chi connectivity index (χ3v) is 4.29. The van der Waals surface area contributed by atoms with Crippen LogP contribution in [-0.2, 0) is 6.54 Å². The van der Waals surface area contributed by atoms with Crippen LogP contribution in [0.1, 0.15) is 19.3 Å². The molecule has 0 bridgehead atoms. The van der Waals surface area contributed by atoms with E-state index in [9.17, 15) is 0 Å². The largest absolute Gasteiger partial charge is 0.351 e. The van der Waals surface area contributed by atoms with Gasteiger partial charge in [-0.2, -0.15) is 5.10 Å². The minimum absolute atomic E-state index is 0.397. The Hall–Kier alpha value is -2.50. The van der Waals surface area contributed by atoms with E-state index in [0.29, 0.717) is 6.04 Å². The summed E-state index contributed by atoms with van der Waals surface area (Å²) in [5.74, 6) is 1.04. The van der Waals surface area contributed by atoms with Crippen molar-refractivity contribution < 1.29 is 0 Å². The molecule has 22 heavy (non-hydrogen) atoms. The molecule has 112 valence electrons. The first-order valence-electron chi connectivity index (χ1n) is 7.70. The van der Waals surface area contributed by atoms with Gasteiger partial charge in [0.15, 0.2) is 0 Å². The van der Waals surface area contributed by atoms with Crippen LogP contribution in [0, 0.1) is 0 Å². The minimum atomic E-state index is 0.397. The highest BCUT2D eigenvalue weighted by molar-refractivity contribution is 5.89. The number of fused-ring (bicyclic) bond motifs is 1. The Kier molecular flexibility index (Phi) is 3.42. The van der Waals surface area contributed by atoms with Crippen LogP contribution in [0.3, 0.4) is 0 Å². The molecule has 1 aliphatic rings. The Bertz CT molecular complexity index is 749. The zero-order chi connectivity index (χ0) is 14.8. The summed E-state index contributed by atoms with van der Waals surface area (Å²) in [6, 6.07) is 8.60. The maximum Gasteiger partial charge on any atom is 0.140 e. The maximum absolute atomic E-state index is 4.58. The molecule has 3 aromatic rings. The highest BCUT2D eigenvalue weighted by Gasteiger charge is 2.25. The van der Waals surface area contributed by atoms with Gasteiger partial charge in [-0.05, 0) is 31.4 Å². The number of benzene rings is 1. The van der Waals surface area contributed by atoms with Gasteiger partial charge in [0.2, 0.25) is 0 Å². The van der Waals surface area contributed by atoms with Gasteiger partial charge in [-0.3, -0.25) is 4.68 Å². The van der Waals surface area contributed by atoms with Gasteiger partial charge in [0.1, 0.15) is 24.8 Å². The van der Waals surface area contributed by atoms with Crippen molar-refractivity contribution >= 4 is 16.7 Å². The third kappa shape index (κ3) is 2.41. The van der Waals surface area contributed by atoms with E-state index >= 15 is 0 Å². The number of nitrogens with zero attached hydrogens (tertiary/aromatic N) is 6. The fraction of sp³-hybridized carbons (Fsp3) is 0.375. The van der Waals surface area contributed by atoms with Gasteiger partial charge in [0.25, 0.3) is 0 Å². The lowest BCUT2D eigenvalue weighted by Crippen LogP contribution is -2.43. The van der Waals surface area contributed by atoms with Crippen molar-refractivity contribution in [3.05, 3.63) is 43.2 Å². The summed E-state index contributed by atoms with van der Waals surface area (Å²) in [7, 11) is 0. The summed E-state index contributed by atoms with van der Waals surface area (Å²) in [5, 5.41) is 5.37. The van der Waals surface area contributed by atoms with Gasteiger partial charge >= 0.3 is 0 Å². The molecule has 0 amide bonds. The second kappa shape index (κ2) is 5.71. The second-order valence-corrected chi connectivity index (χ2v) is 5.67. The van der Waals surface area contributed by atoms with Gasteiger partial charge in [0.05, 0.1) is 18.1 Å². The molecule has 0 spiro atoms. The van der Waals surface area contributed by atoms with Crippen molar-refractivity contribution in [3.63, 3.8) is 0 Å². The standard InChI is InChI=1S/C16H18N6/c1-2-7-15-14(6-1)16(19-11-18-15)22-8-4-3-5-13(22)9-21-12-17-10-20-21/h1-2,6-7,10-13H,3-5,8-9H2/t13-/m1/s1. The molecule has 3 heterocycles. The van der Waals surface area contributed by atoms with Crippen molar-refractivity contribution in [1.29, 1.82) is 0 Å². The van der Waals surface area contributed by atoms with Gasteiger partial charge in [-0.15, -0.1) is 0 Å². The monoisotopic (exact) mass is 294 g/mol. The first-order valence-corrected chi connectivity index (χ1v) is 7.70. The molecule has 1 fully saturated rings. The first kappa shape index (κ1) is 13.2. The maximum atomic E-state index is 4.58. The highest BCUT2D eigenvalue weighted by Crippen LogP contribution is 2.29. The number of hydrogen-bond acceptors (Lipinski definition) is 5. The van der Waals surface area contributed by atoms with Crippen LogP contribution >= 0.6 is 0 Å². The molecule has 6 heteroatoms. The number of piperidine rings is 1. The Labute approximate surface area is 128 Å². The van der Waals surface area contributed by atoms with Gasteiger partial charge in [-0.25, -0.2) is 15.0 Å². The Morgan fingerprint density at radius 1 is 1.09 bits per heavy atom. The average molecular weight is 294 g/mol. The zero-order valence-corrected chi connectivity index (χ0v) is 12.3. The quantitative estimate of drug-likeness (QED) is 0.741. The number of rotatable bonds is 3. The molecule has 1 atom stereocenters. The molecule has 6 nitrogen and oxygen atoms in total.